The molecule has 0 aliphatic carbocycles. The molecule has 1 aliphatic rings. The Hall–Kier alpha value is -3.03. The first-order valence-electron chi connectivity index (χ1n) is 6.19. The van der Waals surface area contributed by atoms with Crippen LogP contribution in [0.5, 0.6) is 0 Å². The number of hydrogen-bond donors (Lipinski definition) is 2. The molecular formula is C14H9F2N3O3. The van der Waals surface area contributed by atoms with E-state index in [1.54, 1.807) is 0 Å². The number of anilines is 1. The zero-order valence-corrected chi connectivity index (χ0v) is 11.2. The third-order valence-electron chi connectivity index (χ3n) is 3.50. The van der Waals surface area contributed by atoms with Crippen molar-refractivity contribution in [2.45, 2.75) is 6.92 Å². The van der Waals surface area contributed by atoms with E-state index in [0.29, 0.717) is 0 Å². The predicted molar refractivity (Wildman–Crippen MR) is 72.9 cm³/mol. The molecule has 0 saturated carbocycles. The van der Waals surface area contributed by atoms with Gasteiger partial charge in [-0.15, -0.1) is 0 Å². The lowest BCUT2D eigenvalue weighted by atomic mass is 10.1. The number of pyridine rings is 1. The number of carbonyl (C=O) groups excluding carboxylic acids is 2. The van der Waals surface area contributed by atoms with Crippen LogP contribution in [0.15, 0.2) is 23.0 Å². The fourth-order valence-corrected chi connectivity index (χ4v) is 2.41. The number of carbonyl (C=O) groups is 2. The molecule has 0 atom stereocenters. The van der Waals surface area contributed by atoms with Gasteiger partial charge in [0.2, 0.25) is 0 Å². The number of nitrogens with one attached hydrogen (secondary N) is 1. The summed E-state index contributed by atoms with van der Waals surface area (Å²) in [5.74, 6) is -3.96. The second-order valence-electron chi connectivity index (χ2n) is 4.78. The minimum Gasteiger partial charge on any atom is -0.384 e. The average molecular weight is 305 g/mol. The molecular weight excluding hydrogens is 296 g/mol. The zero-order chi connectivity index (χ0) is 16.2. The lowest BCUT2D eigenvalue weighted by Crippen LogP contribution is -2.25. The molecule has 1 aromatic carbocycles. The highest BCUT2D eigenvalue weighted by molar-refractivity contribution is 6.23. The highest BCUT2D eigenvalue weighted by Gasteiger charge is 2.32. The Morgan fingerprint density at radius 2 is 1.82 bits per heavy atom. The van der Waals surface area contributed by atoms with E-state index >= 15 is 0 Å². The van der Waals surface area contributed by atoms with Crippen molar-refractivity contribution in [3.05, 3.63) is 56.9 Å². The summed E-state index contributed by atoms with van der Waals surface area (Å²) in [5.41, 5.74) is 4.65. The summed E-state index contributed by atoms with van der Waals surface area (Å²) in [6, 6.07) is 2.96. The molecule has 2 aromatic rings. The lowest BCUT2D eigenvalue weighted by Gasteiger charge is -2.14. The molecule has 0 unspecified atom stereocenters. The molecule has 2 heterocycles. The Morgan fingerprint density at radius 1 is 1.14 bits per heavy atom. The second kappa shape index (κ2) is 4.48. The summed E-state index contributed by atoms with van der Waals surface area (Å²) in [6.45, 7) is 1.28. The first-order chi connectivity index (χ1) is 10.3. The van der Waals surface area contributed by atoms with E-state index in [-0.39, 0.29) is 28.2 Å². The van der Waals surface area contributed by atoms with Gasteiger partial charge < -0.3 is 5.73 Å². The Balaban J connectivity index is 2.38. The fourth-order valence-electron chi connectivity index (χ4n) is 2.41. The fraction of sp³-hybridized carbons (Fsp3) is 0.0714. The van der Waals surface area contributed by atoms with Crippen LogP contribution in [0.2, 0.25) is 0 Å². The Labute approximate surface area is 122 Å². The smallest absolute Gasteiger partial charge is 0.262 e. The molecule has 3 rings (SSSR count). The molecule has 8 heteroatoms. The van der Waals surface area contributed by atoms with Crippen LogP contribution in [-0.2, 0) is 0 Å². The van der Waals surface area contributed by atoms with Gasteiger partial charge >= 0.3 is 0 Å². The highest BCUT2D eigenvalue weighted by atomic mass is 19.2. The highest BCUT2D eigenvalue weighted by Crippen LogP contribution is 2.25. The molecule has 1 aliphatic heterocycles. The summed E-state index contributed by atoms with van der Waals surface area (Å²) in [4.78, 5) is 35.5. The van der Waals surface area contributed by atoms with Crippen LogP contribution in [0.25, 0.3) is 5.69 Å². The number of nitrogens with zero attached hydrogens (tertiary/aromatic N) is 1. The lowest BCUT2D eigenvalue weighted by molar-refractivity contribution is 0.0880. The van der Waals surface area contributed by atoms with Crippen LogP contribution in [0.4, 0.5) is 14.6 Å². The van der Waals surface area contributed by atoms with E-state index in [4.69, 9.17) is 5.73 Å². The third-order valence-corrected chi connectivity index (χ3v) is 3.50. The number of halogens is 2. The number of aromatic nitrogens is 1. The van der Waals surface area contributed by atoms with Crippen LogP contribution in [-0.4, -0.2) is 16.4 Å². The normalized spacial score (nSPS) is 13.2. The van der Waals surface area contributed by atoms with Crippen LogP contribution >= 0.6 is 0 Å². The molecule has 2 amide bonds. The van der Waals surface area contributed by atoms with Crippen LogP contribution < -0.4 is 16.6 Å². The molecule has 1 aromatic heterocycles. The van der Waals surface area contributed by atoms with Gasteiger partial charge in [-0.05, 0) is 19.1 Å². The van der Waals surface area contributed by atoms with E-state index in [9.17, 15) is 23.2 Å². The summed E-state index contributed by atoms with van der Waals surface area (Å²) in [6.07, 6.45) is 0. The first-order valence-corrected chi connectivity index (χ1v) is 6.19. The molecule has 112 valence electrons. The standard InChI is InChI=1S/C14H9F2N3O3/c1-5-8(3-2-7(15)11(5)16)19-9(20)4-6-10(12(19)17)14(22)18-13(6)21/h2-4H,17H2,1H3,(H,18,21,22). The van der Waals surface area contributed by atoms with Crippen molar-refractivity contribution in [3.63, 3.8) is 0 Å². The molecule has 0 bridgehead atoms. The van der Waals surface area contributed by atoms with Crippen molar-refractivity contribution in [2.24, 2.45) is 0 Å². The minimum absolute atomic E-state index is 0.00338. The third kappa shape index (κ3) is 1.73. The molecule has 3 N–H and O–H groups in total. The molecule has 6 nitrogen and oxygen atoms in total. The van der Waals surface area contributed by atoms with E-state index in [1.807, 2.05) is 5.32 Å². The number of nitrogens with two attached hydrogens (primary N) is 1. The number of fused-ring (bicyclic) bond motifs is 1. The van der Waals surface area contributed by atoms with Crippen LogP contribution in [0.3, 0.4) is 0 Å². The van der Waals surface area contributed by atoms with Crippen molar-refractivity contribution in [1.29, 1.82) is 0 Å². The van der Waals surface area contributed by atoms with Crippen molar-refractivity contribution in [2.75, 3.05) is 5.73 Å². The van der Waals surface area contributed by atoms with E-state index in [0.717, 1.165) is 16.7 Å². The number of benzene rings is 1. The number of amides is 2. The van der Waals surface area contributed by atoms with E-state index in [1.165, 1.54) is 13.0 Å². The van der Waals surface area contributed by atoms with Gasteiger partial charge in [0.25, 0.3) is 17.4 Å². The summed E-state index contributed by atoms with van der Waals surface area (Å²) in [5, 5.41) is 2.02. The van der Waals surface area contributed by atoms with Crippen molar-refractivity contribution in [3.8, 4) is 5.69 Å². The van der Waals surface area contributed by atoms with Crippen molar-refractivity contribution >= 4 is 17.6 Å². The minimum atomic E-state index is -1.12. The van der Waals surface area contributed by atoms with Crippen LogP contribution in [0.1, 0.15) is 26.3 Å². The Morgan fingerprint density at radius 3 is 2.50 bits per heavy atom. The number of imide groups is 1. The molecule has 0 fully saturated rings. The van der Waals surface area contributed by atoms with E-state index in [2.05, 4.69) is 0 Å². The second-order valence-corrected chi connectivity index (χ2v) is 4.78. The predicted octanol–water partition coefficient (Wildman–Crippen LogP) is 0.890. The van der Waals surface area contributed by atoms with Gasteiger partial charge in [0.05, 0.1) is 16.8 Å². The van der Waals surface area contributed by atoms with Crippen molar-refractivity contribution < 1.29 is 18.4 Å². The number of hydrogen-bond acceptors (Lipinski definition) is 4. The van der Waals surface area contributed by atoms with Gasteiger partial charge in [0.15, 0.2) is 11.6 Å². The number of rotatable bonds is 1. The monoisotopic (exact) mass is 305 g/mol. The summed E-state index contributed by atoms with van der Waals surface area (Å²) in [7, 11) is 0. The van der Waals surface area contributed by atoms with Gasteiger partial charge in [-0.25, -0.2) is 8.78 Å². The molecule has 22 heavy (non-hydrogen) atoms. The summed E-state index contributed by atoms with van der Waals surface area (Å²) < 4.78 is 27.8. The topological polar surface area (TPSA) is 94.2 Å². The molecule has 0 spiro atoms. The maximum Gasteiger partial charge on any atom is 0.262 e. The first kappa shape index (κ1) is 13.9. The van der Waals surface area contributed by atoms with Gasteiger partial charge in [-0.1, -0.05) is 0 Å². The maximum absolute atomic E-state index is 13.7. The largest absolute Gasteiger partial charge is 0.384 e. The SMILES string of the molecule is Cc1c(-n2c(N)c3c(cc2=O)C(=O)NC3=O)ccc(F)c1F. The maximum atomic E-state index is 13.7. The van der Waals surface area contributed by atoms with Gasteiger partial charge in [-0.3, -0.25) is 24.3 Å². The van der Waals surface area contributed by atoms with Crippen molar-refractivity contribution in [1.82, 2.24) is 9.88 Å². The van der Waals surface area contributed by atoms with Gasteiger partial charge in [0, 0.05) is 11.6 Å². The van der Waals surface area contributed by atoms with E-state index < -0.39 is 29.0 Å². The van der Waals surface area contributed by atoms with Crippen LogP contribution in [0, 0.1) is 18.6 Å². The van der Waals surface area contributed by atoms with Gasteiger partial charge in [0.1, 0.15) is 5.82 Å². The Kier molecular flexibility index (Phi) is 2.84. The Bertz CT molecular complexity index is 919. The number of nitrogen functional groups attached to an aromatic ring is 1. The summed E-state index contributed by atoms with van der Waals surface area (Å²) >= 11 is 0. The zero-order valence-electron chi connectivity index (χ0n) is 11.2. The average Bonchev–Trinajstić information content (AvgIpc) is 2.73. The molecule has 0 radical (unpaired) electrons. The molecule has 0 saturated heterocycles. The quantitative estimate of drug-likeness (QED) is 0.765. The van der Waals surface area contributed by atoms with Gasteiger partial charge in [-0.2, -0.15) is 0 Å².